The van der Waals surface area contributed by atoms with Crippen molar-refractivity contribution >= 4 is 33.5 Å². The first-order chi connectivity index (χ1) is 8.68. The summed E-state index contributed by atoms with van der Waals surface area (Å²) in [4.78, 5) is 1.03. The maximum Gasteiger partial charge on any atom is 0.125 e. The van der Waals surface area contributed by atoms with Crippen LogP contribution in [0.2, 0.25) is 0 Å². The van der Waals surface area contributed by atoms with Crippen LogP contribution in [0.25, 0.3) is 0 Å². The quantitative estimate of drug-likeness (QED) is 0.507. The van der Waals surface area contributed by atoms with Crippen molar-refractivity contribution < 1.29 is 0 Å². The van der Waals surface area contributed by atoms with E-state index in [2.05, 4.69) is 28.1 Å². The molecule has 3 N–H and O–H groups in total. The van der Waals surface area contributed by atoms with Gasteiger partial charge < -0.3 is 5.73 Å². The molecule has 2 nitrogen and oxygen atoms in total. The van der Waals surface area contributed by atoms with Crippen molar-refractivity contribution in [3.05, 3.63) is 64.1 Å². The van der Waals surface area contributed by atoms with Crippen molar-refractivity contribution in [1.82, 2.24) is 0 Å². The predicted molar refractivity (Wildman–Crippen MR) is 81.2 cm³/mol. The van der Waals surface area contributed by atoms with E-state index in [1.54, 1.807) is 11.8 Å². The summed E-state index contributed by atoms with van der Waals surface area (Å²) in [6, 6.07) is 16.1. The lowest BCUT2D eigenvalue weighted by atomic mass is 10.2. The van der Waals surface area contributed by atoms with Crippen molar-refractivity contribution in [2.45, 2.75) is 10.6 Å². The molecule has 18 heavy (non-hydrogen) atoms. The molecule has 2 rings (SSSR count). The molecular formula is C14H13BrN2S. The Hall–Kier alpha value is -1.26. The Morgan fingerprint density at radius 2 is 1.83 bits per heavy atom. The van der Waals surface area contributed by atoms with Crippen LogP contribution in [-0.2, 0) is 5.75 Å². The largest absolute Gasteiger partial charge is 0.384 e. The van der Waals surface area contributed by atoms with E-state index in [1.165, 1.54) is 5.56 Å². The lowest BCUT2D eigenvalue weighted by Crippen LogP contribution is -2.13. The van der Waals surface area contributed by atoms with Gasteiger partial charge in [0.05, 0.1) is 0 Å². The van der Waals surface area contributed by atoms with Crippen molar-refractivity contribution in [1.29, 1.82) is 5.41 Å². The molecular weight excluding hydrogens is 308 g/mol. The zero-order chi connectivity index (χ0) is 13.0. The van der Waals surface area contributed by atoms with Crippen LogP contribution in [0, 0.1) is 5.41 Å². The molecule has 0 heterocycles. The van der Waals surface area contributed by atoms with Gasteiger partial charge in [-0.1, -0.05) is 36.4 Å². The number of rotatable bonds is 4. The molecule has 0 saturated carbocycles. The smallest absolute Gasteiger partial charge is 0.125 e. The van der Waals surface area contributed by atoms with Gasteiger partial charge in [0.25, 0.3) is 0 Å². The van der Waals surface area contributed by atoms with E-state index in [4.69, 9.17) is 11.1 Å². The van der Waals surface area contributed by atoms with Crippen molar-refractivity contribution in [3.8, 4) is 0 Å². The van der Waals surface area contributed by atoms with E-state index in [0.29, 0.717) is 0 Å². The maximum absolute atomic E-state index is 7.63. The summed E-state index contributed by atoms with van der Waals surface area (Å²) in [5, 5.41) is 7.63. The summed E-state index contributed by atoms with van der Waals surface area (Å²) < 4.78 is 0.869. The molecule has 2 aromatic rings. The molecule has 0 aromatic heterocycles. The molecule has 0 radical (unpaired) electrons. The van der Waals surface area contributed by atoms with Crippen molar-refractivity contribution in [2.24, 2.45) is 5.73 Å². The summed E-state index contributed by atoms with van der Waals surface area (Å²) in [7, 11) is 0. The minimum Gasteiger partial charge on any atom is -0.384 e. The van der Waals surface area contributed by atoms with Crippen LogP contribution in [0.5, 0.6) is 0 Å². The van der Waals surface area contributed by atoms with Crippen LogP contribution < -0.4 is 5.73 Å². The third-order valence-corrected chi connectivity index (χ3v) is 4.27. The number of nitrogens with two attached hydrogens (primary N) is 1. The summed E-state index contributed by atoms with van der Waals surface area (Å²) in [5.41, 5.74) is 7.66. The van der Waals surface area contributed by atoms with Gasteiger partial charge in [0.2, 0.25) is 0 Å². The Bertz CT molecular complexity index is 555. The van der Waals surface area contributed by atoms with Crippen molar-refractivity contribution in [3.63, 3.8) is 0 Å². The van der Waals surface area contributed by atoms with Gasteiger partial charge in [0.1, 0.15) is 5.84 Å². The zero-order valence-electron chi connectivity index (χ0n) is 9.69. The molecule has 4 heteroatoms. The van der Waals surface area contributed by atoms with E-state index >= 15 is 0 Å². The van der Waals surface area contributed by atoms with E-state index in [9.17, 15) is 0 Å². The number of benzene rings is 2. The number of nitrogens with one attached hydrogen (secondary N) is 1. The molecule has 92 valence electrons. The van der Waals surface area contributed by atoms with E-state index in [0.717, 1.165) is 20.7 Å². The van der Waals surface area contributed by atoms with Crippen LogP contribution >= 0.6 is 27.7 Å². The van der Waals surface area contributed by atoms with Gasteiger partial charge in [0.15, 0.2) is 0 Å². The number of thioether (sulfide) groups is 1. The lowest BCUT2D eigenvalue weighted by Gasteiger charge is -2.09. The fourth-order valence-corrected chi connectivity index (χ4v) is 3.39. The lowest BCUT2D eigenvalue weighted by molar-refractivity contribution is 1.31. The highest BCUT2D eigenvalue weighted by Gasteiger charge is 2.09. The van der Waals surface area contributed by atoms with E-state index in [1.807, 2.05) is 36.4 Å². The minimum absolute atomic E-state index is 0.0954. The molecule has 2 aromatic carbocycles. The monoisotopic (exact) mass is 320 g/mol. The maximum atomic E-state index is 7.63. The van der Waals surface area contributed by atoms with Gasteiger partial charge in [-0.2, -0.15) is 0 Å². The minimum atomic E-state index is 0.0954. The van der Waals surface area contributed by atoms with Gasteiger partial charge in [-0.3, -0.25) is 5.41 Å². The fourth-order valence-electron chi connectivity index (χ4n) is 1.62. The first-order valence-corrected chi connectivity index (χ1v) is 7.26. The van der Waals surface area contributed by atoms with Crippen LogP contribution in [-0.4, -0.2) is 5.84 Å². The Morgan fingerprint density at radius 1 is 1.11 bits per heavy atom. The number of halogens is 1. The number of amidine groups is 1. The average molecular weight is 321 g/mol. The van der Waals surface area contributed by atoms with Crippen LogP contribution in [0.15, 0.2) is 57.9 Å². The highest BCUT2D eigenvalue weighted by Crippen LogP contribution is 2.30. The van der Waals surface area contributed by atoms with Crippen LogP contribution in [0.4, 0.5) is 0 Å². The Labute approximate surface area is 119 Å². The van der Waals surface area contributed by atoms with Gasteiger partial charge in [-0.25, -0.2) is 0 Å². The summed E-state index contributed by atoms with van der Waals surface area (Å²) in [6.45, 7) is 0. The molecule has 0 aliphatic rings. The molecule has 0 atom stereocenters. The first-order valence-electron chi connectivity index (χ1n) is 5.48. The van der Waals surface area contributed by atoms with Crippen molar-refractivity contribution in [2.75, 3.05) is 0 Å². The zero-order valence-corrected chi connectivity index (χ0v) is 12.1. The second kappa shape index (κ2) is 6.07. The summed E-state index contributed by atoms with van der Waals surface area (Å²) >= 11 is 5.13. The average Bonchev–Trinajstić information content (AvgIpc) is 2.37. The third kappa shape index (κ3) is 3.15. The second-order valence-electron chi connectivity index (χ2n) is 3.80. The topological polar surface area (TPSA) is 49.9 Å². The molecule has 0 aliphatic heterocycles. The number of hydrogen-bond donors (Lipinski definition) is 2. The van der Waals surface area contributed by atoms with Gasteiger partial charge in [-0.15, -0.1) is 11.8 Å². The molecule has 0 spiro atoms. The molecule has 0 aliphatic carbocycles. The van der Waals surface area contributed by atoms with Gasteiger partial charge in [-0.05, 0) is 33.6 Å². The van der Waals surface area contributed by atoms with Crippen LogP contribution in [0.3, 0.4) is 0 Å². The SMILES string of the molecule is N=C(N)c1c(Br)cccc1SCc1ccccc1. The molecule has 0 bridgehead atoms. The third-order valence-electron chi connectivity index (χ3n) is 2.48. The van der Waals surface area contributed by atoms with Gasteiger partial charge >= 0.3 is 0 Å². The molecule has 0 amide bonds. The second-order valence-corrected chi connectivity index (χ2v) is 5.67. The predicted octanol–water partition coefficient (Wildman–Crippen LogP) is 4.03. The highest BCUT2D eigenvalue weighted by atomic mass is 79.9. The highest BCUT2D eigenvalue weighted by molar-refractivity contribution is 9.10. The number of nitrogen functional groups attached to an aromatic ring is 1. The van der Waals surface area contributed by atoms with E-state index < -0.39 is 0 Å². The summed E-state index contributed by atoms with van der Waals surface area (Å²) in [6.07, 6.45) is 0. The van der Waals surface area contributed by atoms with E-state index in [-0.39, 0.29) is 5.84 Å². The Balaban J connectivity index is 2.20. The van der Waals surface area contributed by atoms with Crippen LogP contribution in [0.1, 0.15) is 11.1 Å². The fraction of sp³-hybridized carbons (Fsp3) is 0.0714. The molecule has 0 unspecified atom stereocenters. The normalized spacial score (nSPS) is 10.3. The Kier molecular flexibility index (Phi) is 4.44. The standard InChI is InChI=1S/C14H13BrN2S/c15-11-7-4-8-12(13(11)14(16)17)18-9-10-5-2-1-3-6-10/h1-8H,9H2,(H3,16,17). The van der Waals surface area contributed by atoms with Gasteiger partial charge in [0, 0.05) is 20.7 Å². The first kappa shape index (κ1) is 13.2. The number of hydrogen-bond acceptors (Lipinski definition) is 2. The molecule has 0 saturated heterocycles. The summed E-state index contributed by atoms with van der Waals surface area (Å²) in [5.74, 6) is 0.968. The molecule has 0 fully saturated rings. The Morgan fingerprint density at radius 3 is 2.50 bits per heavy atom.